The number of para-hydroxylation sites is 1. The van der Waals surface area contributed by atoms with Crippen molar-refractivity contribution < 1.29 is 9.84 Å². The van der Waals surface area contributed by atoms with Crippen LogP contribution < -0.4 is 10.5 Å². The molecule has 0 fully saturated rings. The minimum atomic E-state index is -0.428. The fourth-order valence-corrected chi connectivity index (χ4v) is 1.37. The fraction of sp³-hybridized carbons (Fsp3) is 0.333. The van der Waals surface area contributed by atoms with Gasteiger partial charge in [0.1, 0.15) is 6.61 Å². The molecule has 0 aromatic heterocycles. The van der Waals surface area contributed by atoms with Crippen LogP contribution in [0.1, 0.15) is 0 Å². The van der Waals surface area contributed by atoms with Crippen molar-refractivity contribution in [3.8, 4) is 5.75 Å². The molecule has 3 N–H and O–H groups in total. The second-order valence-corrected chi connectivity index (χ2v) is 3.62. The highest BCUT2D eigenvalue weighted by Gasteiger charge is 2.08. The van der Waals surface area contributed by atoms with Gasteiger partial charge in [-0.3, -0.25) is 0 Å². The third-order valence-corrected chi connectivity index (χ3v) is 2.19. The quantitative estimate of drug-likeness (QED) is 0.836. The van der Waals surface area contributed by atoms with Crippen molar-refractivity contribution in [3.63, 3.8) is 0 Å². The molecule has 0 aliphatic carbocycles. The summed E-state index contributed by atoms with van der Waals surface area (Å²) in [7, 11) is 0. The lowest BCUT2D eigenvalue weighted by Gasteiger charge is -2.12. The van der Waals surface area contributed by atoms with Gasteiger partial charge >= 0.3 is 0 Å². The van der Waals surface area contributed by atoms with Crippen LogP contribution in [-0.4, -0.2) is 24.4 Å². The zero-order valence-corrected chi connectivity index (χ0v) is 8.92. The molecule has 1 aromatic carbocycles. The van der Waals surface area contributed by atoms with Crippen LogP contribution in [0.2, 0.25) is 10.0 Å². The van der Waals surface area contributed by atoms with E-state index < -0.39 is 6.04 Å². The highest BCUT2D eigenvalue weighted by Crippen LogP contribution is 2.32. The molecule has 1 atom stereocenters. The van der Waals surface area contributed by atoms with Gasteiger partial charge in [-0.25, -0.2) is 0 Å². The molecule has 0 saturated carbocycles. The molecule has 1 aromatic rings. The van der Waals surface area contributed by atoms with Gasteiger partial charge in [0.15, 0.2) is 5.75 Å². The van der Waals surface area contributed by atoms with Gasteiger partial charge in [0.2, 0.25) is 0 Å². The molecule has 0 saturated heterocycles. The highest BCUT2D eigenvalue weighted by atomic mass is 35.5. The van der Waals surface area contributed by atoms with Crippen molar-refractivity contribution in [2.24, 2.45) is 5.73 Å². The van der Waals surface area contributed by atoms with E-state index >= 15 is 0 Å². The average molecular weight is 236 g/mol. The number of aliphatic hydroxyl groups excluding tert-OH is 1. The first-order chi connectivity index (χ1) is 6.65. The molecule has 0 bridgehead atoms. The maximum Gasteiger partial charge on any atom is 0.156 e. The van der Waals surface area contributed by atoms with Crippen molar-refractivity contribution in [3.05, 3.63) is 28.2 Å². The number of hydrogen-bond acceptors (Lipinski definition) is 3. The molecule has 0 radical (unpaired) electrons. The largest absolute Gasteiger partial charge is 0.489 e. The molecule has 1 rings (SSSR count). The molecule has 0 heterocycles. The monoisotopic (exact) mass is 235 g/mol. The Morgan fingerprint density at radius 1 is 1.36 bits per heavy atom. The lowest BCUT2D eigenvalue weighted by molar-refractivity contribution is 0.207. The van der Waals surface area contributed by atoms with Crippen LogP contribution in [0.4, 0.5) is 0 Å². The molecular weight excluding hydrogens is 225 g/mol. The van der Waals surface area contributed by atoms with Gasteiger partial charge in [0.05, 0.1) is 22.7 Å². The molecule has 0 aliphatic heterocycles. The standard InChI is InChI=1S/C9H11Cl2NO2/c10-7-2-1-3-8(11)9(7)14-5-6(12)4-13/h1-3,6,13H,4-5,12H2. The predicted octanol–water partition coefficient (Wildman–Crippen LogP) is 1.69. The van der Waals surface area contributed by atoms with Gasteiger partial charge in [-0.1, -0.05) is 29.3 Å². The highest BCUT2D eigenvalue weighted by molar-refractivity contribution is 6.37. The Labute approximate surface area is 92.4 Å². The van der Waals surface area contributed by atoms with E-state index in [1.165, 1.54) is 0 Å². The van der Waals surface area contributed by atoms with Crippen LogP contribution in [0.15, 0.2) is 18.2 Å². The van der Waals surface area contributed by atoms with Crippen LogP contribution in [-0.2, 0) is 0 Å². The maximum atomic E-state index is 8.68. The molecule has 0 aliphatic rings. The van der Waals surface area contributed by atoms with Gasteiger partial charge in [-0.05, 0) is 12.1 Å². The van der Waals surface area contributed by atoms with Gasteiger partial charge in [-0.15, -0.1) is 0 Å². The zero-order chi connectivity index (χ0) is 10.6. The third kappa shape index (κ3) is 3.03. The molecule has 3 nitrogen and oxygen atoms in total. The van der Waals surface area contributed by atoms with Crippen LogP contribution in [0.3, 0.4) is 0 Å². The molecular formula is C9H11Cl2NO2. The molecule has 78 valence electrons. The lowest BCUT2D eigenvalue weighted by atomic mass is 10.3. The summed E-state index contributed by atoms with van der Waals surface area (Å²) in [6, 6.07) is 4.64. The van der Waals surface area contributed by atoms with E-state index in [0.717, 1.165) is 0 Å². The van der Waals surface area contributed by atoms with E-state index in [1.807, 2.05) is 0 Å². The summed E-state index contributed by atoms with van der Waals surface area (Å²) < 4.78 is 5.27. The Morgan fingerprint density at radius 3 is 2.43 bits per heavy atom. The first-order valence-corrected chi connectivity index (χ1v) is 4.84. The maximum absolute atomic E-state index is 8.68. The number of rotatable bonds is 4. The van der Waals surface area contributed by atoms with Crippen LogP contribution >= 0.6 is 23.2 Å². The molecule has 0 spiro atoms. The van der Waals surface area contributed by atoms with Crippen molar-refractivity contribution in [2.75, 3.05) is 13.2 Å². The fourth-order valence-electron chi connectivity index (χ4n) is 0.863. The first-order valence-electron chi connectivity index (χ1n) is 4.08. The Balaban J connectivity index is 2.66. The molecule has 0 amide bonds. The SMILES string of the molecule is NC(CO)COc1c(Cl)cccc1Cl. The summed E-state index contributed by atoms with van der Waals surface area (Å²) in [6.07, 6.45) is 0. The number of halogens is 2. The minimum Gasteiger partial charge on any atom is -0.489 e. The smallest absolute Gasteiger partial charge is 0.156 e. The summed E-state index contributed by atoms with van der Waals surface area (Å²) >= 11 is 11.7. The summed E-state index contributed by atoms with van der Waals surface area (Å²) in [4.78, 5) is 0. The van der Waals surface area contributed by atoms with Gasteiger partial charge in [0.25, 0.3) is 0 Å². The normalized spacial score (nSPS) is 12.6. The van der Waals surface area contributed by atoms with E-state index in [1.54, 1.807) is 18.2 Å². The Hall–Kier alpha value is -0.480. The second-order valence-electron chi connectivity index (χ2n) is 2.80. The summed E-state index contributed by atoms with van der Waals surface area (Å²) in [5.74, 6) is 0.403. The van der Waals surface area contributed by atoms with Crippen LogP contribution in [0.5, 0.6) is 5.75 Å². The van der Waals surface area contributed by atoms with Gasteiger partial charge in [-0.2, -0.15) is 0 Å². The van der Waals surface area contributed by atoms with Gasteiger partial charge < -0.3 is 15.6 Å². The van der Waals surface area contributed by atoms with Crippen molar-refractivity contribution in [2.45, 2.75) is 6.04 Å². The number of hydrogen-bond donors (Lipinski definition) is 2. The van der Waals surface area contributed by atoms with Crippen molar-refractivity contribution in [1.29, 1.82) is 0 Å². The second kappa shape index (κ2) is 5.41. The molecule has 5 heteroatoms. The Bertz CT molecular complexity index is 287. The van der Waals surface area contributed by atoms with E-state index in [0.29, 0.717) is 15.8 Å². The Morgan fingerprint density at radius 2 is 1.93 bits per heavy atom. The van der Waals surface area contributed by atoms with E-state index in [9.17, 15) is 0 Å². The minimum absolute atomic E-state index is 0.137. The van der Waals surface area contributed by atoms with Crippen LogP contribution in [0.25, 0.3) is 0 Å². The predicted molar refractivity (Wildman–Crippen MR) is 57.0 cm³/mol. The van der Waals surface area contributed by atoms with Gasteiger partial charge in [0, 0.05) is 0 Å². The molecule has 14 heavy (non-hydrogen) atoms. The first kappa shape index (κ1) is 11.6. The Kier molecular flexibility index (Phi) is 4.48. The molecule has 1 unspecified atom stereocenters. The topological polar surface area (TPSA) is 55.5 Å². The van der Waals surface area contributed by atoms with E-state index in [4.69, 9.17) is 38.8 Å². The number of nitrogens with two attached hydrogens (primary N) is 1. The summed E-state index contributed by atoms with van der Waals surface area (Å²) in [6.45, 7) is 0.0437. The zero-order valence-electron chi connectivity index (χ0n) is 7.41. The van der Waals surface area contributed by atoms with E-state index in [2.05, 4.69) is 0 Å². The van der Waals surface area contributed by atoms with Crippen molar-refractivity contribution in [1.82, 2.24) is 0 Å². The average Bonchev–Trinajstić information content (AvgIpc) is 2.16. The van der Waals surface area contributed by atoms with Crippen LogP contribution in [0, 0.1) is 0 Å². The number of ether oxygens (including phenoxy) is 1. The van der Waals surface area contributed by atoms with Crippen molar-refractivity contribution >= 4 is 23.2 Å². The lowest BCUT2D eigenvalue weighted by Crippen LogP contribution is -2.31. The summed E-state index contributed by atoms with van der Waals surface area (Å²) in [5, 5.41) is 9.55. The third-order valence-electron chi connectivity index (χ3n) is 1.60. The summed E-state index contributed by atoms with van der Waals surface area (Å²) in [5.41, 5.74) is 5.46. The number of benzene rings is 1. The number of aliphatic hydroxyl groups is 1. The van der Waals surface area contributed by atoms with E-state index in [-0.39, 0.29) is 13.2 Å².